The molecule has 0 radical (unpaired) electrons. The summed E-state index contributed by atoms with van der Waals surface area (Å²) < 4.78 is 7.00. The summed E-state index contributed by atoms with van der Waals surface area (Å²) in [5, 5.41) is 0.699. The molecule has 1 fully saturated rings. The third-order valence-electron chi connectivity index (χ3n) is 4.47. The third kappa shape index (κ3) is 5.00. The lowest BCUT2D eigenvalue weighted by Crippen LogP contribution is -2.23. The lowest BCUT2D eigenvalue weighted by molar-refractivity contribution is -0.121. The molecule has 1 amide bonds. The van der Waals surface area contributed by atoms with Gasteiger partial charge < -0.3 is 4.74 Å². The molecule has 2 aromatic rings. The first-order valence-electron chi connectivity index (χ1n) is 9.19. The summed E-state index contributed by atoms with van der Waals surface area (Å²) in [5.74, 6) is 0.753. The maximum absolute atomic E-state index is 12.4. The third-order valence-corrected chi connectivity index (χ3v) is 6.21. The predicted molar refractivity (Wildman–Crippen MR) is 125 cm³/mol. The number of carbonyl (C=O) groups is 1. The van der Waals surface area contributed by atoms with Crippen molar-refractivity contribution < 1.29 is 9.53 Å². The van der Waals surface area contributed by atoms with Crippen LogP contribution in [-0.4, -0.2) is 30.1 Å². The number of hydrogen-bond acceptors (Lipinski definition) is 4. The van der Waals surface area contributed by atoms with Gasteiger partial charge in [-0.2, -0.15) is 0 Å². The molecule has 0 atom stereocenters. The van der Waals surface area contributed by atoms with Gasteiger partial charge in [-0.1, -0.05) is 35.9 Å². The van der Waals surface area contributed by atoms with E-state index in [1.165, 1.54) is 17.3 Å². The molecule has 1 aliphatic rings. The highest BCUT2D eigenvalue weighted by molar-refractivity contribution is 9.10. The number of allylic oxidation sites excluding steroid dienone is 1. The molecule has 6 heteroatoms. The number of rotatable bonds is 6. The minimum atomic E-state index is -0.0447. The average Bonchev–Trinajstić information content (AvgIpc) is 2.95. The Balaban J connectivity index is 1.89. The number of aliphatic imine (C=N–C) groups is 1. The first kappa shape index (κ1) is 21.4. The van der Waals surface area contributed by atoms with E-state index in [0.29, 0.717) is 23.1 Å². The van der Waals surface area contributed by atoms with Crippen LogP contribution >= 0.6 is 27.7 Å². The van der Waals surface area contributed by atoms with E-state index in [0.717, 1.165) is 26.9 Å². The Morgan fingerprint density at radius 1 is 1.31 bits per heavy atom. The van der Waals surface area contributed by atoms with Crippen LogP contribution in [0.4, 0.5) is 0 Å². The molecule has 1 heterocycles. The number of nitrogens with zero attached hydrogens (tertiary/aromatic N) is 2. The standard InChI is InChI=1S/C23H23BrN2O2S/c1-5-7-18-11-17(13-20-22(27)26(4)23(25-3)29-20)12-19(24)21(18)28-14-16-9-6-8-15(2)10-16/h5-6,8-13H,1,7,14H2,2-4H3/b20-13-,25-23?. The van der Waals surface area contributed by atoms with Crippen molar-refractivity contribution in [3.05, 3.63) is 80.7 Å². The van der Waals surface area contributed by atoms with Crippen LogP contribution in [0.1, 0.15) is 22.3 Å². The number of thioether (sulfide) groups is 1. The molecule has 1 aliphatic heterocycles. The van der Waals surface area contributed by atoms with Crippen LogP contribution in [0.3, 0.4) is 0 Å². The van der Waals surface area contributed by atoms with Gasteiger partial charge in [-0.3, -0.25) is 14.7 Å². The van der Waals surface area contributed by atoms with Gasteiger partial charge >= 0.3 is 0 Å². The Hall–Kier alpha value is -2.31. The zero-order valence-corrected chi connectivity index (χ0v) is 19.1. The number of amides is 1. The molecule has 4 nitrogen and oxygen atoms in total. The summed E-state index contributed by atoms with van der Waals surface area (Å²) in [7, 11) is 3.42. The first-order chi connectivity index (χ1) is 13.9. The second-order valence-corrected chi connectivity index (χ2v) is 8.61. The minimum absolute atomic E-state index is 0.0447. The first-order valence-corrected chi connectivity index (χ1v) is 10.8. The van der Waals surface area contributed by atoms with E-state index >= 15 is 0 Å². The van der Waals surface area contributed by atoms with Crippen molar-refractivity contribution in [2.45, 2.75) is 20.0 Å². The second-order valence-electron chi connectivity index (χ2n) is 6.74. The highest BCUT2D eigenvalue weighted by atomic mass is 79.9. The molecule has 0 aromatic heterocycles. The molecule has 0 unspecified atom stereocenters. The highest BCUT2D eigenvalue weighted by Crippen LogP contribution is 2.36. The Kier molecular flexibility index (Phi) is 6.98. The Bertz CT molecular complexity index is 1010. The van der Waals surface area contributed by atoms with Crippen LogP contribution in [-0.2, 0) is 17.8 Å². The molecule has 0 N–H and O–H groups in total. The summed E-state index contributed by atoms with van der Waals surface area (Å²) >= 11 is 5.02. The zero-order chi connectivity index (χ0) is 21.0. The van der Waals surface area contributed by atoms with Gasteiger partial charge in [0.25, 0.3) is 5.91 Å². The van der Waals surface area contributed by atoms with Crippen molar-refractivity contribution in [3.63, 3.8) is 0 Å². The van der Waals surface area contributed by atoms with E-state index in [1.807, 2.05) is 30.4 Å². The van der Waals surface area contributed by atoms with Crippen molar-refractivity contribution in [2.75, 3.05) is 14.1 Å². The molecule has 0 saturated carbocycles. The van der Waals surface area contributed by atoms with Gasteiger partial charge in [-0.15, -0.1) is 6.58 Å². The van der Waals surface area contributed by atoms with Crippen molar-refractivity contribution >= 4 is 44.8 Å². The molecule has 2 aromatic carbocycles. The van der Waals surface area contributed by atoms with Gasteiger partial charge in [0.05, 0.1) is 9.38 Å². The van der Waals surface area contributed by atoms with E-state index in [2.05, 4.69) is 52.6 Å². The number of halogens is 1. The summed E-state index contributed by atoms with van der Waals surface area (Å²) in [6.45, 7) is 6.42. The fraction of sp³-hybridized carbons (Fsp3) is 0.217. The average molecular weight is 471 g/mol. The summed E-state index contributed by atoms with van der Waals surface area (Å²) in [6.07, 6.45) is 4.41. The number of hydrogen-bond donors (Lipinski definition) is 0. The molecule has 29 heavy (non-hydrogen) atoms. The molecular weight excluding hydrogens is 448 g/mol. The largest absolute Gasteiger partial charge is 0.487 e. The fourth-order valence-corrected chi connectivity index (χ4v) is 4.64. The van der Waals surface area contributed by atoms with Gasteiger partial charge in [-0.25, -0.2) is 0 Å². The molecular formula is C23H23BrN2O2S. The number of benzene rings is 2. The van der Waals surface area contributed by atoms with Gasteiger partial charge in [0.2, 0.25) is 0 Å². The maximum atomic E-state index is 12.4. The molecule has 3 rings (SSSR count). The Morgan fingerprint density at radius 2 is 2.10 bits per heavy atom. The maximum Gasteiger partial charge on any atom is 0.266 e. The van der Waals surface area contributed by atoms with Gasteiger partial charge in [0, 0.05) is 14.1 Å². The fourth-order valence-electron chi connectivity index (χ4n) is 3.08. The summed E-state index contributed by atoms with van der Waals surface area (Å²) in [6, 6.07) is 12.3. The number of likely N-dealkylation sites (N-methyl/N-ethyl adjacent to an activating group) is 1. The van der Waals surface area contributed by atoms with E-state index in [-0.39, 0.29) is 5.91 Å². The summed E-state index contributed by atoms with van der Waals surface area (Å²) in [5.41, 5.74) is 4.27. The van der Waals surface area contributed by atoms with Crippen LogP contribution in [0.15, 0.2) is 63.4 Å². The molecule has 1 saturated heterocycles. The van der Waals surface area contributed by atoms with Gasteiger partial charge in [-0.05, 0) is 75.9 Å². The highest BCUT2D eigenvalue weighted by Gasteiger charge is 2.29. The second kappa shape index (κ2) is 9.46. The van der Waals surface area contributed by atoms with Crippen molar-refractivity contribution in [1.29, 1.82) is 0 Å². The van der Waals surface area contributed by atoms with E-state index in [4.69, 9.17) is 4.74 Å². The van der Waals surface area contributed by atoms with Crippen molar-refractivity contribution in [3.8, 4) is 5.75 Å². The van der Waals surface area contributed by atoms with Gasteiger partial charge in [0.1, 0.15) is 12.4 Å². The smallest absolute Gasteiger partial charge is 0.266 e. The monoisotopic (exact) mass is 470 g/mol. The van der Waals surface area contributed by atoms with Crippen LogP contribution in [0.2, 0.25) is 0 Å². The van der Waals surface area contributed by atoms with E-state index in [9.17, 15) is 4.79 Å². The molecule has 150 valence electrons. The molecule has 0 bridgehead atoms. The molecule has 0 aliphatic carbocycles. The lowest BCUT2D eigenvalue weighted by Gasteiger charge is -2.14. The SMILES string of the molecule is C=CCc1cc(/C=C2\SC(=NC)N(C)C2=O)cc(Br)c1OCc1cccc(C)c1. The van der Waals surface area contributed by atoms with Crippen LogP contribution < -0.4 is 4.74 Å². The minimum Gasteiger partial charge on any atom is -0.487 e. The topological polar surface area (TPSA) is 41.9 Å². The van der Waals surface area contributed by atoms with Crippen LogP contribution in [0.5, 0.6) is 5.75 Å². The number of ether oxygens (including phenoxy) is 1. The lowest BCUT2D eigenvalue weighted by atomic mass is 10.1. The quantitative estimate of drug-likeness (QED) is 0.407. The van der Waals surface area contributed by atoms with E-state index in [1.54, 1.807) is 19.0 Å². The van der Waals surface area contributed by atoms with Crippen LogP contribution in [0, 0.1) is 6.92 Å². The van der Waals surface area contributed by atoms with Crippen molar-refractivity contribution in [1.82, 2.24) is 4.90 Å². The number of aryl methyl sites for hydroxylation is 1. The Morgan fingerprint density at radius 3 is 2.76 bits per heavy atom. The van der Waals surface area contributed by atoms with Crippen LogP contribution in [0.25, 0.3) is 6.08 Å². The molecule has 0 spiro atoms. The van der Waals surface area contributed by atoms with E-state index < -0.39 is 0 Å². The van der Waals surface area contributed by atoms with Gasteiger partial charge in [0.15, 0.2) is 5.17 Å². The number of amidine groups is 1. The Labute approximate surface area is 184 Å². The van der Waals surface area contributed by atoms with Crippen molar-refractivity contribution in [2.24, 2.45) is 4.99 Å². The predicted octanol–water partition coefficient (Wildman–Crippen LogP) is 5.60. The zero-order valence-electron chi connectivity index (χ0n) is 16.7. The normalized spacial score (nSPS) is 16.7. The number of carbonyl (C=O) groups excluding carboxylic acids is 1. The summed E-state index contributed by atoms with van der Waals surface area (Å²) in [4.78, 5) is 18.8.